The standard InChI is InChI=1S/C21H16Br2N4O2/c1-9-3-4-12(10(2)5-9)18-17-16(11-6-14(22)19(28)15(23)7-11)13(8-24)20(25)29-21(17)27-26-18/h3-7,16,28H,25H2,1-2H3,(H,26,27)/t16-/m0/s1. The zero-order valence-corrected chi connectivity index (χ0v) is 18.7. The fourth-order valence-corrected chi connectivity index (χ4v) is 4.85. The van der Waals surface area contributed by atoms with Crippen LogP contribution in [0.5, 0.6) is 11.6 Å². The number of allylic oxidation sites excluding steroid dienone is 1. The van der Waals surface area contributed by atoms with E-state index >= 15 is 0 Å². The van der Waals surface area contributed by atoms with Gasteiger partial charge in [-0.25, -0.2) is 0 Å². The molecule has 1 aliphatic heterocycles. The van der Waals surface area contributed by atoms with Gasteiger partial charge in [-0.3, -0.25) is 5.10 Å². The first-order chi connectivity index (χ1) is 13.8. The monoisotopic (exact) mass is 514 g/mol. The maximum atomic E-state index is 10.1. The first-order valence-corrected chi connectivity index (χ1v) is 10.3. The third-order valence-corrected chi connectivity index (χ3v) is 6.17. The number of phenolic OH excluding ortho intramolecular Hbond substituents is 1. The van der Waals surface area contributed by atoms with Gasteiger partial charge in [-0.05, 0) is 69.0 Å². The van der Waals surface area contributed by atoms with Gasteiger partial charge in [0.2, 0.25) is 11.8 Å². The molecule has 4 N–H and O–H groups in total. The van der Waals surface area contributed by atoms with Crippen molar-refractivity contribution in [3.8, 4) is 29.0 Å². The number of halogens is 2. The second kappa shape index (κ2) is 7.25. The highest BCUT2D eigenvalue weighted by molar-refractivity contribution is 9.11. The molecule has 1 aromatic heterocycles. The molecule has 0 fully saturated rings. The highest BCUT2D eigenvalue weighted by Crippen LogP contribution is 2.48. The molecule has 3 aromatic rings. The molecule has 1 aliphatic rings. The van der Waals surface area contributed by atoms with E-state index in [-0.39, 0.29) is 17.2 Å². The zero-order chi connectivity index (χ0) is 20.9. The number of aromatic amines is 1. The number of benzene rings is 2. The van der Waals surface area contributed by atoms with Crippen LogP contribution in [0.1, 0.15) is 28.2 Å². The number of nitrogens with zero attached hydrogens (tertiary/aromatic N) is 2. The number of fused-ring (bicyclic) bond motifs is 1. The summed E-state index contributed by atoms with van der Waals surface area (Å²) >= 11 is 6.74. The summed E-state index contributed by atoms with van der Waals surface area (Å²) in [5.41, 5.74) is 11.8. The van der Waals surface area contributed by atoms with Crippen molar-refractivity contribution in [2.24, 2.45) is 5.73 Å². The highest BCUT2D eigenvalue weighted by atomic mass is 79.9. The summed E-state index contributed by atoms with van der Waals surface area (Å²) in [5, 5.41) is 27.3. The van der Waals surface area contributed by atoms with Crippen molar-refractivity contribution < 1.29 is 9.84 Å². The summed E-state index contributed by atoms with van der Waals surface area (Å²) in [6.45, 7) is 4.06. The number of hydrogen-bond donors (Lipinski definition) is 3. The lowest BCUT2D eigenvalue weighted by Crippen LogP contribution is -2.21. The highest BCUT2D eigenvalue weighted by Gasteiger charge is 2.36. The Labute approximate surface area is 184 Å². The summed E-state index contributed by atoms with van der Waals surface area (Å²) in [4.78, 5) is 0. The summed E-state index contributed by atoms with van der Waals surface area (Å²) in [6.07, 6.45) is 0. The van der Waals surface area contributed by atoms with Crippen LogP contribution in [-0.4, -0.2) is 15.3 Å². The molecule has 146 valence electrons. The molecule has 2 heterocycles. The van der Waals surface area contributed by atoms with E-state index in [1.54, 1.807) is 12.1 Å². The van der Waals surface area contributed by atoms with Gasteiger partial charge in [0.05, 0.1) is 26.1 Å². The molecule has 0 bridgehead atoms. The van der Waals surface area contributed by atoms with Crippen LogP contribution in [-0.2, 0) is 0 Å². The molecule has 4 rings (SSSR count). The number of aromatic nitrogens is 2. The molecule has 0 spiro atoms. The lowest BCUT2D eigenvalue weighted by atomic mass is 9.82. The lowest BCUT2D eigenvalue weighted by Gasteiger charge is -2.25. The Balaban J connectivity index is 2.00. The number of phenols is 1. The van der Waals surface area contributed by atoms with Crippen LogP contribution >= 0.6 is 31.9 Å². The van der Waals surface area contributed by atoms with Crippen molar-refractivity contribution in [3.05, 3.63) is 73.0 Å². The molecule has 2 aromatic carbocycles. The van der Waals surface area contributed by atoms with E-state index in [1.807, 2.05) is 26.0 Å². The number of aromatic hydroxyl groups is 1. The largest absolute Gasteiger partial charge is 0.506 e. The molecule has 6 nitrogen and oxygen atoms in total. The lowest BCUT2D eigenvalue weighted by molar-refractivity contribution is 0.379. The minimum absolute atomic E-state index is 0.0176. The van der Waals surface area contributed by atoms with Gasteiger partial charge in [0.1, 0.15) is 17.4 Å². The third-order valence-electron chi connectivity index (χ3n) is 4.96. The van der Waals surface area contributed by atoms with E-state index in [9.17, 15) is 10.4 Å². The molecule has 0 saturated carbocycles. The predicted molar refractivity (Wildman–Crippen MR) is 116 cm³/mol. The summed E-state index contributed by atoms with van der Waals surface area (Å²) < 4.78 is 6.66. The van der Waals surface area contributed by atoms with Crippen molar-refractivity contribution in [1.29, 1.82) is 5.26 Å². The molecular weight excluding hydrogens is 500 g/mol. The Kier molecular flexibility index (Phi) is 4.89. The second-order valence-corrected chi connectivity index (χ2v) is 8.60. The van der Waals surface area contributed by atoms with Crippen LogP contribution in [0.15, 0.2) is 50.7 Å². The van der Waals surface area contributed by atoms with E-state index in [0.717, 1.165) is 33.5 Å². The van der Waals surface area contributed by atoms with E-state index in [4.69, 9.17) is 10.5 Å². The maximum Gasteiger partial charge on any atom is 0.244 e. The number of nitrogens with two attached hydrogens (primary N) is 1. The number of ether oxygens (including phenoxy) is 1. The number of aryl methyl sites for hydroxylation is 2. The Hall–Kier alpha value is -2.76. The van der Waals surface area contributed by atoms with Gasteiger partial charge < -0.3 is 15.6 Å². The molecule has 1 atom stereocenters. The van der Waals surface area contributed by atoms with Crippen LogP contribution in [0, 0.1) is 25.2 Å². The maximum absolute atomic E-state index is 10.1. The van der Waals surface area contributed by atoms with Crippen LogP contribution in [0.3, 0.4) is 0 Å². The van der Waals surface area contributed by atoms with E-state index in [2.05, 4.69) is 54.2 Å². The van der Waals surface area contributed by atoms with Crippen molar-refractivity contribution in [2.45, 2.75) is 19.8 Å². The first-order valence-electron chi connectivity index (χ1n) is 8.73. The van der Waals surface area contributed by atoms with Gasteiger partial charge in [0.15, 0.2) is 0 Å². The number of H-pyrrole nitrogens is 1. The smallest absolute Gasteiger partial charge is 0.244 e. The number of hydrogen-bond acceptors (Lipinski definition) is 5. The number of nitriles is 1. The molecular formula is C21H16Br2N4O2. The quantitative estimate of drug-likeness (QED) is 0.437. The average Bonchev–Trinajstić information content (AvgIpc) is 3.07. The van der Waals surface area contributed by atoms with Gasteiger partial charge in [-0.2, -0.15) is 5.26 Å². The Morgan fingerprint density at radius 1 is 1.21 bits per heavy atom. The first kappa shape index (κ1) is 19.6. The van der Waals surface area contributed by atoms with E-state index in [0.29, 0.717) is 14.8 Å². The van der Waals surface area contributed by atoms with Crippen molar-refractivity contribution in [1.82, 2.24) is 10.2 Å². The summed E-state index contributed by atoms with van der Waals surface area (Å²) in [5.74, 6) is -0.0736. The molecule has 0 amide bonds. The SMILES string of the molecule is Cc1ccc(-c2[nH]nc3c2[C@@H](c2cc(Br)c(O)c(Br)c2)C(C#N)=C(N)O3)c(C)c1. The Morgan fingerprint density at radius 3 is 2.52 bits per heavy atom. The summed E-state index contributed by atoms with van der Waals surface area (Å²) in [6, 6.07) is 11.9. The van der Waals surface area contributed by atoms with Gasteiger partial charge in [0, 0.05) is 5.56 Å². The third kappa shape index (κ3) is 3.20. The number of rotatable bonds is 2. The minimum Gasteiger partial charge on any atom is -0.506 e. The Morgan fingerprint density at radius 2 is 1.90 bits per heavy atom. The molecule has 0 unspecified atom stereocenters. The minimum atomic E-state index is -0.508. The molecule has 8 heteroatoms. The molecule has 0 aliphatic carbocycles. The average molecular weight is 516 g/mol. The van der Waals surface area contributed by atoms with Crippen LogP contribution in [0.4, 0.5) is 0 Å². The topological polar surface area (TPSA) is 108 Å². The molecule has 0 saturated heterocycles. The number of nitrogens with one attached hydrogen (secondary N) is 1. The van der Waals surface area contributed by atoms with Crippen molar-refractivity contribution in [2.75, 3.05) is 0 Å². The van der Waals surface area contributed by atoms with E-state index in [1.165, 1.54) is 0 Å². The van der Waals surface area contributed by atoms with Crippen molar-refractivity contribution in [3.63, 3.8) is 0 Å². The predicted octanol–water partition coefficient (Wildman–Crippen LogP) is 5.14. The summed E-state index contributed by atoms with van der Waals surface area (Å²) in [7, 11) is 0. The molecule has 0 radical (unpaired) electrons. The molecule has 29 heavy (non-hydrogen) atoms. The fraction of sp³-hybridized carbons (Fsp3) is 0.143. The van der Waals surface area contributed by atoms with E-state index < -0.39 is 5.92 Å². The van der Waals surface area contributed by atoms with Crippen LogP contribution < -0.4 is 10.5 Å². The van der Waals surface area contributed by atoms with Gasteiger partial charge in [-0.1, -0.05) is 23.8 Å². The van der Waals surface area contributed by atoms with Crippen molar-refractivity contribution >= 4 is 31.9 Å². The zero-order valence-electron chi connectivity index (χ0n) is 15.5. The fourth-order valence-electron chi connectivity index (χ4n) is 3.63. The van der Waals surface area contributed by atoms with Gasteiger partial charge in [0.25, 0.3) is 0 Å². The Bertz CT molecular complexity index is 1200. The van der Waals surface area contributed by atoms with Gasteiger partial charge in [-0.15, -0.1) is 5.10 Å². The second-order valence-electron chi connectivity index (χ2n) is 6.89. The van der Waals surface area contributed by atoms with Crippen LogP contribution in [0.25, 0.3) is 11.3 Å². The van der Waals surface area contributed by atoms with Crippen LogP contribution in [0.2, 0.25) is 0 Å². The normalized spacial score (nSPS) is 15.6. The van der Waals surface area contributed by atoms with Gasteiger partial charge >= 0.3 is 0 Å².